The monoisotopic (exact) mass is 368 g/mol. The minimum Gasteiger partial charge on any atom is -0.496 e. The molecule has 1 aromatic heterocycles. The number of para-hydroxylation sites is 1. The molecule has 0 fully saturated rings. The number of methoxy groups -OCH3 is 1. The molecule has 130 valence electrons. The van der Waals surface area contributed by atoms with Crippen LogP contribution in [0.3, 0.4) is 0 Å². The summed E-state index contributed by atoms with van der Waals surface area (Å²) in [6, 6.07) is 24.4. The molecule has 0 amide bonds. The van der Waals surface area contributed by atoms with Crippen molar-refractivity contribution in [3.8, 4) is 23.1 Å². The van der Waals surface area contributed by atoms with Crippen LogP contribution in [0.2, 0.25) is 0 Å². The lowest BCUT2D eigenvalue weighted by Crippen LogP contribution is -1.87. The van der Waals surface area contributed by atoms with Crippen molar-refractivity contribution in [1.29, 1.82) is 5.26 Å². The molecule has 0 saturated heterocycles. The number of nitrogens with zero attached hydrogens (tertiary/aromatic N) is 2. The summed E-state index contributed by atoms with van der Waals surface area (Å²) in [5.74, 6) is 0.733. The van der Waals surface area contributed by atoms with E-state index in [1.165, 1.54) is 22.1 Å². The van der Waals surface area contributed by atoms with Crippen LogP contribution in [0.25, 0.3) is 33.7 Å². The molecule has 0 aliphatic carbocycles. The highest BCUT2D eigenvalue weighted by Crippen LogP contribution is 2.30. The fourth-order valence-corrected chi connectivity index (χ4v) is 3.76. The molecular weight excluding hydrogens is 352 g/mol. The Balaban J connectivity index is 1.71. The summed E-state index contributed by atoms with van der Waals surface area (Å²) < 4.78 is 5.37. The van der Waals surface area contributed by atoms with Crippen molar-refractivity contribution >= 4 is 33.8 Å². The third-order valence-corrected chi connectivity index (χ3v) is 5.21. The minimum absolute atomic E-state index is 0.525. The van der Waals surface area contributed by atoms with E-state index >= 15 is 0 Å². The molecule has 4 heteroatoms. The number of rotatable bonds is 4. The van der Waals surface area contributed by atoms with E-state index in [0.717, 1.165) is 22.6 Å². The number of thiazole rings is 1. The third kappa shape index (κ3) is 3.46. The van der Waals surface area contributed by atoms with Gasteiger partial charge in [-0.3, -0.25) is 0 Å². The molecule has 0 N–H and O–H groups in total. The predicted molar refractivity (Wildman–Crippen MR) is 112 cm³/mol. The maximum Gasteiger partial charge on any atom is 0.134 e. The average molecular weight is 368 g/mol. The van der Waals surface area contributed by atoms with Gasteiger partial charge in [0, 0.05) is 16.5 Å². The van der Waals surface area contributed by atoms with Crippen LogP contribution in [-0.4, -0.2) is 12.1 Å². The Morgan fingerprint density at radius 2 is 1.81 bits per heavy atom. The van der Waals surface area contributed by atoms with Crippen LogP contribution in [0, 0.1) is 11.3 Å². The fourth-order valence-electron chi connectivity index (χ4n) is 2.96. The molecule has 0 aliphatic heterocycles. The van der Waals surface area contributed by atoms with Crippen LogP contribution < -0.4 is 4.74 Å². The van der Waals surface area contributed by atoms with Gasteiger partial charge in [-0.05, 0) is 29.0 Å². The lowest BCUT2D eigenvalue weighted by atomic mass is 10.1. The normalized spacial score (nSPS) is 11.3. The highest BCUT2D eigenvalue weighted by molar-refractivity contribution is 7.11. The molecule has 27 heavy (non-hydrogen) atoms. The van der Waals surface area contributed by atoms with Crippen LogP contribution in [0.5, 0.6) is 5.75 Å². The zero-order valence-electron chi connectivity index (χ0n) is 14.7. The zero-order valence-corrected chi connectivity index (χ0v) is 15.5. The molecule has 0 spiro atoms. The molecule has 0 unspecified atom stereocenters. The molecule has 0 aliphatic rings. The fraction of sp³-hybridized carbons (Fsp3) is 0.0435. The second-order valence-electron chi connectivity index (χ2n) is 6.01. The average Bonchev–Trinajstić information content (AvgIpc) is 3.22. The number of hydrogen-bond acceptors (Lipinski definition) is 4. The summed E-state index contributed by atoms with van der Waals surface area (Å²) in [5.41, 5.74) is 3.31. The topological polar surface area (TPSA) is 45.9 Å². The summed E-state index contributed by atoms with van der Waals surface area (Å²) in [6.07, 6.45) is 1.82. The van der Waals surface area contributed by atoms with E-state index in [9.17, 15) is 5.26 Å². The van der Waals surface area contributed by atoms with E-state index in [1.807, 2.05) is 47.9 Å². The highest BCUT2D eigenvalue weighted by atomic mass is 32.1. The van der Waals surface area contributed by atoms with Gasteiger partial charge in [-0.2, -0.15) is 5.26 Å². The van der Waals surface area contributed by atoms with E-state index in [1.54, 1.807) is 7.11 Å². The van der Waals surface area contributed by atoms with Crippen molar-refractivity contribution in [3.05, 3.63) is 82.7 Å². The van der Waals surface area contributed by atoms with Crippen molar-refractivity contribution in [2.45, 2.75) is 0 Å². The van der Waals surface area contributed by atoms with Crippen LogP contribution in [0.15, 0.2) is 72.1 Å². The number of allylic oxidation sites excluding steroid dienone is 1. The quantitative estimate of drug-likeness (QED) is 0.413. The van der Waals surface area contributed by atoms with Crippen molar-refractivity contribution in [1.82, 2.24) is 4.98 Å². The Labute approximate surface area is 161 Å². The molecular formula is C23H16N2OS. The molecule has 3 aromatic carbocycles. The van der Waals surface area contributed by atoms with Crippen molar-refractivity contribution in [2.75, 3.05) is 7.11 Å². The van der Waals surface area contributed by atoms with Gasteiger partial charge in [-0.1, -0.05) is 54.6 Å². The number of aromatic nitrogens is 1. The zero-order chi connectivity index (χ0) is 18.6. The number of hydrogen-bond donors (Lipinski definition) is 0. The predicted octanol–water partition coefficient (Wildman–Crippen LogP) is 6.04. The largest absolute Gasteiger partial charge is 0.496 e. The van der Waals surface area contributed by atoms with Crippen molar-refractivity contribution in [3.63, 3.8) is 0 Å². The van der Waals surface area contributed by atoms with Gasteiger partial charge in [0.15, 0.2) is 0 Å². The van der Waals surface area contributed by atoms with Gasteiger partial charge in [0.25, 0.3) is 0 Å². The van der Waals surface area contributed by atoms with Crippen LogP contribution >= 0.6 is 11.3 Å². The number of nitriles is 1. The van der Waals surface area contributed by atoms with Crippen molar-refractivity contribution in [2.24, 2.45) is 0 Å². The van der Waals surface area contributed by atoms with Crippen molar-refractivity contribution < 1.29 is 4.74 Å². The Kier molecular flexibility index (Phi) is 4.69. The Bertz CT molecular complexity index is 1180. The molecule has 0 radical (unpaired) electrons. The highest BCUT2D eigenvalue weighted by Gasteiger charge is 2.11. The molecule has 0 bridgehead atoms. The second kappa shape index (κ2) is 7.45. The van der Waals surface area contributed by atoms with Crippen LogP contribution in [0.1, 0.15) is 10.6 Å². The molecule has 1 heterocycles. The smallest absolute Gasteiger partial charge is 0.134 e. The summed E-state index contributed by atoms with van der Waals surface area (Å²) in [6.45, 7) is 0. The minimum atomic E-state index is 0.525. The molecule has 4 aromatic rings. The van der Waals surface area contributed by atoms with Crippen LogP contribution in [-0.2, 0) is 0 Å². The molecule has 3 nitrogen and oxygen atoms in total. The van der Waals surface area contributed by atoms with Gasteiger partial charge in [0.2, 0.25) is 0 Å². The van der Waals surface area contributed by atoms with E-state index in [0.29, 0.717) is 10.6 Å². The number of fused-ring (bicyclic) bond motifs is 1. The van der Waals surface area contributed by atoms with Gasteiger partial charge in [-0.15, -0.1) is 11.3 Å². The lowest BCUT2D eigenvalue weighted by Gasteiger charge is -2.04. The SMILES string of the molecule is COc1ccccc1/C=C(\C#N)c1nc(-c2ccc3ccccc3c2)cs1. The van der Waals surface area contributed by atoms with Gasteiger partial charge in [-0.25, -0.2) is 4.98 Å². The first kappa shape index (κ1) is 17.0. The van der Waals surface area contributed by atoms with Crippen LogP contribution in [0.4, 0.5) is 0 Å². The summed E-state index contributed by atoms with van der Waals surface area (Å²) in [7, 11) is 1.62. The Morgan fingerprint density at radius 3 is 2.63 bits per heavy atom. The third-order valence-electron chi connectivity index (χ3n) is 4.34. The first-order valence-corrected chi connectivity index (χ1v) is 9.36. The van der Waals surface area contributed by atoms with E-state index in [2.05, 4.69) is 36.4 Å². The van der Waals surface area contributed by atoms with Gasteiger partial charge >= 0.3 is 0 Å². The van der Waals surface area contributed by atoms with E-state index in [-0.39, 0.29) is 0 Å². The van der Waals surface area contributed by atoms with Gasteiger partial charge in [0.1, 0.15) is 16.8 Å². The first-order valence-electron chi connectivity index (χ1n) is 8.48. The van der Waals surface area contributed by atoms with E-state index in [4.69, 9.17) is 9.72 Å². The molecule has 0 atom stereocenters. The molecule has 0 saturated carbocycles. The Hall–Kier alpha value is -3.42. The second-order valence-corrected chi connectivity index (χ2v) is 6.87. The number of ether oxygens (including phenoxy) is 1. The maximum atomic E-state index is 9.63. The van der Waals surface area contributed by atoms with Gasteiger partial charge in [0.05, 0.1) is 18.4 Å². The van der Waals surface area contributed by atoms with Gasteiger partial charge < -0.3 is 4.74 Å². The summed E-state index contributed by atoms with van der Waals surface area (Å²) in [4.78, 5) is 4.70. The maximum absolute atomic E-state index is 9.63. The first-order chi connectivity index (χ1) is 13.3. The standard InChI is InChI=1S/C23H16N2OS/c1-26-22-9-5-4-8-19(22)13-20(14-24)23-25-21(15-27-23)18-11-10-16-6-2-3-7-17(16)12-18/h2-13,15H,1H3/b20-13+. The molecule has 4 rings (SSSR count). The summed E-state index contributed by atoms with van der Waals surface area (Å²) in [5, 5.41) is 14.7. The number of benzene rings is 3. The summed E-state index contributed by atoms with van der Waals surface area (Å²) >= 11 is 1.47. The van der Waals surface area contributed by atoms with E-state index < -0.39 is 0 Å². The Morgan fingerprint density at radius 1 is 1.04 bits per heavy atom. The lowest BCUT2D eigenvalue weighted by molar-refractivity contribution is 0.414.